The number of carbonyl (C=O) groups is 2. The molecule has 2 heterocycles. The molecule has 0 saturated heterocycles. The number of carbonyl (C=O) groups excluding carboxylic acids is 1. The second kappa shape index (κ2) is 7.85. The Morgan fingerprint density at radius 3 is 2.47 bits per heavy atom. The number of aryl methyl sites for hydroxylation is 1. The van der Waals surface area contributed by atoms with Gasteiger partial charge in [0.15, 0.2) is 0 Å². The van der Waals surface area contributed by atoms with Crippen LogP contribution in [0.1, 0.15) is 32.0 Å². The monoisotopic (exact) mass is 440 g/mol. The minimum absolute atomic E-state index is 0.0469. The molecule has 0 aliphatic carbocycles. The SMILES string of the molecule is Cc1csc(-c2cc(C(=O)c3ccc(Cl)c(C(=O)O)c3)nn2-c2ccc(F)cc2)c1. The van der Waals surface area contributed by atoms with E-state index in [1.807, 2.05) is 18.4 Å². The number of ketones is 1. The van der Waals surface area contributed by atoms with E-state index in [2.05, 4.69) is 5.10 Å². The van der Waals surface area contributed by atoms with Crippen LogP contribution in [-0.2, 0) is 0 Å². The Hall–Kier alpha value is -3.29. The van der Waals surface area contributed by atoms with Crippen molar-refractivity contribution >= 4 is 34.7 Å². The number of rotatable bonds is 5. The predicted molar refractivity (Wildman–Crippen MR) is 113 cm³/mol. The van der Waals surface area contributed by atoms with E-state index in [4.69, 9.17) is 11.6 Å². The van der Waals surface area contributed by atoms with Gasteiger partial charge in [-0.3, -0.25) is 4.79 Å². The molecule has 0 radical (unpaired) electrons. The first-order chi connectivity index (χ1) is 14.3. The summed E-state index contributed by atoms with van der Waals surface area (Å²) >= 11 is 7.41. The molecule has 0 atom stereocenters. The van der Waals surface area contributed by atoms with Gasteiger partial charge in [0.1, 0.15) is 11.5 Å². The van der Waals surface area contributed by atoms with Crippen molar-refractivity contribution in [1.29, 1.82) is 0 Å². The average molecular weight is 441 g/mol. The fourth-order valence-electron chi connectivity index (χ4n) is 2.99. The molecule has 5 nitrogen and oxygen atoms in total. The van der Waals surface area contributed by atoms with Crippen molar-refractivity contribution in [2.75, 3.05) is 0 Å². The standard InChI is InChI=1S/C22H14ClFN2O3S/c1-12-8-20(30-11-12)19-10-18(25-26(19)15-5-3-14(24)4-6-15)21(27)13-2-7-17(23)16(9-13)22(28)29/h2-11H,1H3,(H,28,29). The molecule has 0 saturated carbocycles. The highest BCUT2D eigenvalue weighted by Gasteiger charge is 2.21. The Bertz CT molecular complexity index is 1280. The molecule has 0 spiro atoms. The fraction of sp³-hybridized carbons (Fsp3) is 0.0455. The first-order valence-electron chi connectivity index (χ1n) is 8.82. The number of carboxylic acids is 1. The normalized spacial score (nSPS) is 10.9. The number of carboxylic acid groups (broad SMARTS) is 1. The number of benzene rings is 2. The molecule has 0 aliphatic rings. The molecule has 0 unspecified atom stereocenters. The van der Waals surface area contributed by atoms with Gasteiger partial charge in [-0.25, -0.2) is 13.9 Å². The molecule has 4 aromatic rings. The summed E-state index contributed by atoms with van der Waals surface area (Å²) in [6, 6.07) is 13.5. The smallest absolute Gasteiger partial charge is 0.337 e. The summed E-state index contributed by atoms with van der Waals surface area (Å²) in [4.78, 5) is 25.3. The highest BCUT2D eigenvalue weighted by atomic mass is 35.5. The van der Waals surface area contributed by atoms with E-state index in [1.54, 1.807) is 22.9 Å². The van der Waals surface area contributed by atoms with Crippen molar-refractivity contribution in [2.45, 2.75) is 6.92 Å². The van der Waals surface area contributed by atoms with Gasteiger partial charge in [-0.1, -0.05) is 11.6 Å². The molecule has 2 aromatic heterocycles. The summed E-state index contributed by atoms with van der Waals surface area (Å²) in [7, 11) is 0. The number of thiophene rings is 1. The van der Waals surface area contributed by atoms with Crippen molar-refractivity contribution in [3.05, 3.63) is 93.2 Å². The Balaban J connectivity index is 1.83. The number of halogens is 2. The maximum atomic E-state index is 13.4. The first kappa shape index (κ1) is 20.0. The Morgan fingerprint density at radius 1 is 1.10 bits per heavy atom. The summed E-state index contributed by atoms with van der Waals surface area (Å²) < 4.78 is 15.0. The number of nitrogens with zero attached hydrogens (tertiary/aromatic N) is 2. The zero-order valence-corrected chi connectivity index (χ0v) is 17.2. The molecule has 1 N–H and O–H groups in total. The van der Waals surface area contributed by atoms with Crippen molar-refractivity contribution < 1.29 is 19.1 Å². The van der Waals surface area contributed by atoms with E-state index in [1.165, 1.54) is 41.7 Å². The number of aromatic nitrogens is 2. The largest absolute Gasteiger partial charge is 0.478 e. The lowest BCUT2D eigenvalue weighted by Gasteiger charge is -2.06. The van der Waals surface area contributed by atoms with E-state index in [-0.39, 0.29) is 27.7 Å². The second-order valence-electron chi connectivity index (χ2n) is 6.62. The third kappa shape index (κ3) is 3.77. The van der Waals surface area contributed by atoms with Gasteiger partial charge in [-0.2, -0.15) is 5.10 Å². The molecule has 0 amide bonds. The molecule has 0 aliphatic heterocycles. The summed E-state index contributed by atoms with van der Waals surface area (Å²) in [5.41, 5.74) is 2.48. The number of aromatic carboxylic acids is 1. The van der Waals surface area contributed by atoms with Gasteiger partial charge in [-0.15, -0.1) is 11.3 Å². The molecule has 4 rings (SSSR count). The van der Waals surface area contributed by atoms with Crippen LogP contribution >= 0.6 is 22.9 Å². The summed E-state index contributed by atoms with van der Waals surface area (Å²) in [6.45, 7) is 1.96. The molecular weight excluding hydrogens is 427 g/mol. The average Bonchev–Trinajstić information content (AvgIpc) is 3.34. The minimum Gasteiger partial charge on any atom is -0.478 e. The van der Waals surface area contributed by atoms with Gasteiger partial charge in [0.25, 0.3) is 0 Å². The van der Waals surface area contributed by atoms with Crippen LogP contribution in [0.2, 0.25) is 5.02 Å². The lowest BCUT2D eigenvalue weighted by molar-refractivity contribution is 0.0697. The summed E-state index contributed by atoms with van der Waals surface area (Å²) in [6.07, 6.45) is 0. The minimum atomic E-state index is -1.22. The molecule has 30 heavy (non-hydrogen) atoms. The van der Waals surface area contributed by atoms with Crippen LogP contribution in [0.5, 0.6) is 0 Å². The van der Waals surface area contributed by atoms with Gasteiger partial charge < -0.3 is 5.11 Å². The molecule has 8 heteroatoms. The third-order valence-electron chi connectivity index (χ3n) is 4.46. The van der Waals surface area contributed by atoms with Crippen LogP contribution in [0, 0.1) is 12.7 Å². The van der Waals surface area contributed by atoms with E-state index in [0.29, 0.717) is 11.4 Å². The van der Waals surface area contributed by atoms with Gasteiger partial charge in [-0.05, 0) is 72.5 Å². The maximum absolute atomic E-state index is 13.4. The van der Waals surface area contributed by atoms with Gasteiger partial charge >= 0.3 is 5.97 Å². The molecule has 0 bridgehead atoms. The number of hydrogen-bond acceptors (Lipinski definition) is 4. The van der Waals surface area contributed by atoms with Crippen LogP contribution in [0.4, 0.5) is 4.39 Å². The summed E-state index contributed by atoms with van der Waals surface area (Å²) in [5.74, 6) is -2.04. The van der Waals surface area contributed by atoms with E-state index < -0.39 is 11.8 Å². The Morgan fingerprint density at radius 2 is 1.83 bits per heavy atom. The van der Waals surface area contributed by atoms with Crippen LogP contribution < -0.4 is 0 Å². The fourth-order valence-corrected chi connectivity index (χ4v) is 4.09. The maximum Gasteiger partial charge on any atom is 0.337 e. The molecule has 0 fully saturated rings. The van der Waals surface area contributed by atoms with Crippen molar-refractivity contribution in [1.82, 2.24) is 9.78 Å². The molecule has 2 aromatic carbocycles. The zero-order valence-electron chi connectivity index (χ0n) is 15.6. The second-order valence-corrected chi connectivity index (χ2v) is 7.94. The van der Waals surface area contributed by atoms with Crippen molar-refractivity contribution in [3.63, 3.8) is 0 Å². The van der Waals surface area contributed by atoms with Crippen LogP contribution in [0.3, 0.4) is 0 Å². The van der Waals surface area contributed by atoms with Gasteiger partial charge in [0.05, 0.1) is 26.8 Å². The van der Waals surface area contributed by atoms with Crippen LogP contribution in [-0.4, -0.2) is 26.6 Å². The molecule has 150 valence electrons. The van der Waals surface area contributed by atoms with Gasteiger partial charge in [0, 0.05) is 5.56 Å². The van der Waals surface area contributed by atoms with E-state index >= 15 is 0 Å². The number of hydrogen-bond donors (Lipinski definition) is 1. The topological polar surface area (TPSA) is 72.2 Å². The van der Waals surface area contributed by atoms with E-state index in [0.717, 1.165) is 10.4 Å². The Kier molecular flexibility index (Phi) is 5.24. The lowest BCUT2D eigenvalue weighted by atomic mass is 10.0. The first-order valence-corrected chi connectivity index (χ1v) is 10.1. The van der Waals surface area contributed by atoms with Crippen molar-refractivity contribution in [2.24, 2.45) is 0 Å². The van der Waals surface area contributed by atoms with Crippen molar-refractivity contribution in [3.8, 4) is 16.3 Å². The highest BCUT2D eigenvalue weighted by molar-refractivity contribution is 7.13. The zero-order chi connectivity index (χ0) is 21.4. The van der Waals surface area contributed by atoms with Crippen LogP contribution in [0.15, 0.2) is 60.0 Å². The van der Waals surface area contributed by atoms with Crippen LogP contribution in [0.25, 0.3) is 16.3 Å². The summed E-state index contributed by atoms with van der Waals surface area (Å²) in [5, 5.41) is 15.7. The van der Waals surface area contributed by atoms with Gasteiger partial charge in [0.2, 0.25) is 5.78 Å². The van der Waals surface area contributed by atoms with E-state index in [9.17, 15) is 19.1 Å². The highest BCUT2D eigenvalue weighted by Crippen LogP contribution is 2.31. The lowest BCUT2D eigenvalue weighted by Crippen LogP contribution is -2.07. The molecular formula is C22H14ClFN2O3S. The third-order valence-corrected chi connectivity index (χ3v) is 5.86. The quantitative estimate of drug-likeness (QED) is 0.408. The Labute approximate surface area is 180 Å². The predicted octanol–water partition coefficient (Wildman–Crippen LogP) is 5.63.